The third kappa shape index (κ3) is 7.02. The first-order valence-corrected chi connectivity index (χ1v) is 14.0. The molecule has 1 N–H and O–H groups in total. The van der Waals surface area contributed by atoms with Crippen LogP contribution in [-0.2, 0) is 24.4 Å². The van der Waals surface area contributed by atoms with E-state index in [0.29, 0.717) is 24.3 Å². The van der Waals surface area contributed by atoms with Crippen LogP contribution in [-0.4, -0.2) is 67.2 Å². The first-order chi connectivity index (χ1) is 18.8. The smallest absolute Gasteiger partial charge is 0.336 e. The van der Waals surface area contributed by atoms with Crippen LogP contribution in [0.4, 0.5) is 0 Å². The van der Waals surface area contributed by atoms with Crippen molar-refractivity contribution in [1.82, 2.24) is 30.0 Å². The van der Waals surface area contributed by atoms with Gasteiger partial charge in [-0.1, -0.05) is 52.6 Å². The fraction of sp³-hybridized carbons (Fsp3) is 0.296. The summed E-state index contributed by atoms with van der Waals surface area (Å²) in [6.07, 6.45) is 1.90. The molecule has 0 unspecified atom stereocenters. The van der Waals surface area contributed by atoms with Crippen LogP contribution < -0.4 is 4.74 Å². The Labute approximate surface area is 240 Å². The Morgan fingerprint density at radius 2 is 1.74 bits per heavy atom. The summed E-state index contributed by atoms with van der Waals surface area (Å²) in [6.45, 7) is 6.23. The van der Waals surface area contributed by atoms with Gasteiger partial charge in [0.15, 0.2) is 5.75 Å². The van der Waals surface area contributed by atoms with Gasteiger partial charge in [-0.3, -0.25) is 9.69 Å². The molecule has 1 amide bonds. The van der Waals surface area contributed by atoms with Crippen LogP contribution in [0.3, 0.4) is 0 Å². The molecule has 4 aromatic rings. The number of thiazole rings is 1. The minimum Gasteiger partial charge on any atom is -0.505 e. The summed E-state index contributed by atoms with van der Waals surface area (Å²) >= 11 is 13.5. The first-order valence-electron chi connectivity index (χ1n) is 12.3. The van der Waals surface area contributed by atoms with E-state index in [1.165, 1.54) is 11.8 Å². The minimum atomic E-state index is -0.179. The zero-order chi connectivity index (χ0) is 27.4. The largest absolute Gasteiger partial charge is 0.505 e. The van der Waals surface area contributed by atoms with E-state index in [1.54, 1.807) is 23.5 Å². The Bertz CT molecular complexity index is 1420. The van der Waals surface area contributed by atoms with E-state index in [4.69, 9.17) is 27.9 Å². The predicted molar refractivity (Wildman–Crippen MR) is 150 cm³/mol. The van der Waals surface area contributed by atoms with Crippen LogP contribution in [0.1, 0.15) is 21.8 Å². The lowest BCUT2D eigenvalue weighted by molar-refractivity contribution is -0.132. The predicted octanol–water partition coefficient (Wildman–Crippen LogP) is 4.78. The number of hydrogen-bond donors (Lipinski definition) is 1. The number of aromatic hydroxyl groups is 1. The normalized spacial score (nSPS) is 14.0. The number of phenols is 1. The van der Waals surface area contributed by atoms with E-state index in [9.17, 15) is 9.90 Å². The molecule has 0 saturated carbocycles. The molecule has 1 fully saturated rings. The molecule has 3 heterocycles. The van der Waals surface area contributed by atoms with E-state index in [0.717, 1.165) is 49.0 Å². The molecular weight excluding hydrogens is 559 g/mol. The van der Waals surface area contributed by atoms with Gasteiger partial charge in [0, 0.05) is 49.4 Å². The SMILES string of the molecule is Cc1csc(CC(=O)N2CCN(Cc3ccc(COc4ncc(-c5cc(Cl)c(O)c(Cl)c5)nn4)cc3)CC2)n1. The second-order valence-electron chi connectivity index (χ2n) is 9.24. The maximum atomic E-state index is 12.6. The van der Waals surface area contributed by atoms with Crippen molar-refractivity contribution in [2.45, 2.75) is 26.5 Å². The fourth-order valence-corrected chi connectivity index (χ4v) is 5.45. The van der Waals surface area contributed by atoms with E-state index in [-0.39, 0.29) is 27.7 Å². The average Bonchev–Trinajstić information content (AvgIpc) is 3.36. The highest BCUT2D eigenvalue weighted by atomic mass is 35.5. The summed E-state index contributed by atoms with van der Waals surface area (Å²) in [5.74, 6) is -0.0298. The van der Waals surface area contributed by atoms with Crippen LogP contribution in [0.5, 0.6) is 11.8 Å². The van der Waals surface area contributed by atoms with Gasteiger partial charge in [-0.25, -0.2) is 9.97 Å². The summed E-state index contributed by atoms with van der Waals surface area (Å²) in [7, 11) is 0. The Morgan fingerprint density at radius 1 is 1.05 bits per heavy atom. The lowest BCUT2D eigenvalue weighted by atomic mass is 10.1. The second kappa shape index (κ2) is 12.3. The maximum Gasteiger partial charge on any atom is 0.336 e. The molecule has 39 heavy (non-hydrogen) atoms. The minimum absolute atomic E-state index is 0.123. The number of amides is 1. The third-order valence-corrected chi connectivity index (χ3v) is 7.89. The van der Waals surface area contributed by atoms with Crippen molar-refractivity contribution in [3.8, 4) is 23.0 Å². The molecule has 9 nitrogen and oxygen atoms in total. The second-order valence-corrected chi connectivity index (χ2v) is 11.0. The highest BCUT2D eigenvalue weighted by Gasteiger charge is 2.22. The standard InChI is InChI=1S/C27H26Cl2N6O3S/c1-17-16-39-24(31-17)12-25(36)35-8-6-34(7-9-35)14-18-2-4-19(5-3-18)15-38-27-30-13-23(32-33-27)20-10-21(28)26(37)22(29)11-20/h2-5,10-11,13,16,37H,6-9,12,14-15H2,1H3. The van der Waals surface area contributed by atoms with Gasteiger partial charge >= 0.3 is 6.01 Å². The maximum absolute atomic E-state index is 12.6. The number of carbonyl (C=O) groups is 1. The van der Waals surface area contributed by atoms with Gasteiger partial charge in [-0.2, -0.15) is 0 Å². The molecule has 12 heteroatoms. The number of aryl methyl sites for hydroxylation is 1. The van der Waals surface area contributed by atoms with Gasteiger partial charge in [-0.15, -0.1) is 16.4 Å². The molecule has 1 aliphatic heterocycles. The molecule has 0 atom stereocenters. The highest BCUT2D eigenvalue weighted by molar-refractivity contribution is 7.09. The van der Waals surface area contributed by atoms with Gasteiger partial charge in [-0.05, 0) is 30.2 Å². The number of halogens is 2. The van der Waals surface area contributed by atoms with Gasteiger partial charge in [0.1, 0.15) is 17.3 Å². The Morgan fingerprint density at radius 3 is 2.36 bits per heavy atom. The molecular formula is C27H26Cl2N6O3S. The van der Waals surface area contributed by atoms with Crippen molar-refractivity contribution in [3.05, 3.63) is 79.8 Å². The third-order valence-electron chi connectivity index (χ3n) is 6.34. The van der Waals surface area contributed by atoms with E-state index < -0.39 is 0 Å². The summed E-state index contributed by atoms with van der Waals surface area (Å²) in [4.78, 5) is 25.5. The lowest BCUT2D eigenvalue weighted by Crippen LogP contribution is -2.48. The number of ether oxygens (including phenoxy) is 1. The van der Waals surface area contributed by atoms with Crippen molar-refractivity contribution in [3.63, 3.8) is 0 Å². The number of rotatable bonds is 8. The van der Waals surface area contributed by atoms with Gasteiger partial charge in [0.05, 0.1) is 22.7 Å². The summed E-state index contributed by atoms with van der Waals surface area (Å²) < 4.78 is 5.69. The highest BCUT2D eigenvalue weighted by Crippen LogP contribution is 2.35. The molecule has 202 valence electrons. The van der Waals surface area contributed by atoms with Crippen molar-refractivity contribution < 1.29 is 14.6 Å². The molecule has 0 radical (unpaired) electrons. The van der Waals surface area contributed by atoms with Gasteiger partial charge in [0.2, 0.25) is 5.91 Å². The topological polar surface area (TPSA) is 105 Å². The van der Waals surface area contributed by atoms with Crippen LogP contribution in [0.15, 0.2) is 48.0 Å². The number of carbonyl (C=O) groups excluding carboxylic acids is 1. The van der Waals surface area contributed by atoms with Gasteiger partial charge in [0.25, 0.3) is 0 Å². The molecule has 5 rings (SSSR count). The molecule has 2 aromatic heterocycles. The quantitative estimate of drug-likeness (QED) is 0.315. The monoisotopic (exact) mass is 584 g/mol. The zero-order valence-corrected chi connectivity index (χ0v) is 23.5. The lowest BCUT2D eigenvalue weighted by Gasteiger charge is -2.34. The summed E-state index contributed by atoms with van der Waals surface area (Å²) in [5, 5.41) is 21.0. The van der Waals surface area contributed by atoms with Crippen molar-refractivity contribution in [2.75, 3.05) is 26.2 Å². The molecule has 1 saturated heterocycles. The number of hydrogen-bond acceptors (Lipinski definition) is 9. The van der Waals surface area contributed by atoms with Gasteiger partial charge < -0.3 is 14.7 Å². The van der Waals surface area contributed by atoms with Crippen molar-refractivity contribution in [1.29, 1.82) is 0 Å². The van der Waals surface area contributed by atoms with Crippen LogP contribution >= 0.6 is 34.5 Å². The molecule has 1 aliphatic rings. The average molecular weight is 586 g/mol. The Balaban J connectivity index is 1.07. The Kier molecular flexibility index (Phi) is 8.56. The fourth-order valence-electron chi connectivity index (χ4n) is 4.20. The van der Waals surface area contributed by atoms with E-state index in [1.807, 2.05) is 29.3 Å². The molecule has 0 spiro atoms. The van der Waals surface area contributed by atoms with E-state index >= 15 is 0 Å². The number of aromatic nitrogens is 4. The number of benzene rings is 2. The van der Waals surface area contributed by atoms with E-state index in [2.05, 4.69) is 37.2 Å². The number of piperazine rings is 1. The molecule has 0 bridgehead atoms. The van der Waals surface area contributed by atoms with Crippen molar-refractivity contribution >= 4 is 40.4 Å². The first kappa shape index (κ1) is 27.3. The van der Waals surface area contributed by atoms with Crippen LogP contribution in [0.25, 0.3) is 11.3 Å². The summed E-state index contributed by atoms with van der Waals surface area (Å²) in [5.41, 5.74) is 4.19. The Hall–Kier alpha value is -3.31. The van der Waals surface area contributed by atoms with Crippen molar-refractivity contribution in [2.24, 2.45) is 0 Å². The van der Waals surface area contributed by atoms with Crippen LogP contribution in [0.2, 0.25) is 10.0 Å². The summed E-state index contributed by atoms with van der Waals surface area (Å²) in [6, 6.07) is 11.4. The zero-order valence-electron chi connectivity index (χ0n) is 21.2. The number of nitrogens with zero attached hydrogens (tertiary/aromatic N) is 6. The van der Waals surface area contributed by atoms with Crippen LogP contribution in [0, 0.1) is 6.92 Å². The number of phenolic OH excluding ortho intramolecular Hbond substituents is 1. The molecule has 0 aliphatic carbocycles. The molecule has 2 aromatic carbocycles.